The van der Waals surface area contributed by atoms with Crippen molar-refractivity contribution < 1.29 is 8.42 Å². The lowest BCUT2D eigenvalue weighted by atomic mass is 10.1. The first-order valence-corrected chi connectivity index (χ1v) is 6.83. The minimum atomic E-state index is -3.34. The molecule has 90 valence electrons. The SMILES string of the molecule is CNCC1(CNS(=O)(=O)c2cc[nH]c2)CC1. The highest BCUT2D eigenvalue weighted by Gasteiger charge is 2.42. The summed E-state index contributed by atoms with van der Waals surface area (Å²) in [6, 6.07) is 1.56. The van der Waals surface area contributed by atoms with Crippen LogP contribution in [0.5, 0.6) is 0 Å². The van der Waals surface area contributed by atoms with E-state index in [2.05, 4.69) is 15.0 Å². The molecule has 16 heavy (non-hydrogen) atoms. The molecule has 0 bridgehead atoms. The van der Waals surface area contributed by atoms with E-state index >= 15 is 0 Å². The van der Waals surface area contributed by atoms with Crippen LogP contribution in [-0.2, 0) is 10.0 Å². The van der Waals surface area contributed by atoms with Crippen LogP contribution in [0.4, 0.5) is 0 Å². The molecule has 3 N–H and O–H groups in total. The Morgan fingerprint density at radius 2 is 2.19 bits per heavy atom. The molecule has 0 radical (unpaired) electrons. The van der Waals surface area contributed by atoms with Gasteiger partial charge in [-0.15, -0.1) is 0 Å². The summed E-state index contributed by atoms with van der Waals surface area (Å²) in [5.41, 5.74) is 0.137. The summed E-state index contributed by atoms with van der Waals surface area (Å²) in [7, 11) is -1.45. The number of hydrogen-bond donors (Lipinski definition) is 3. The fourth-order valence-corrected chi connectivity index (χ4v) is 2.91. The van der Waals surface area contributed by atoms with Crippen LogP contribution in [0.2, 0.25) is 0 Å². The third-order valence-corrected chi connectivity index (χ3v) is 4.42. The van der Waals surface area contributed by atoms with Crippen LogP contribution in [0, 0.1) is 5.41 Å². The number of rotatable bonds is 6. The summed E-state index contributed by atoms with van der Waals surface area (Å²) in [5, 5.41) is 3.10. The lowest BCUT2D eigenvalue weighted by Crippen LogP contribution is -2.34. The number of hydrogen-bond acceptors (Lipinski definition) is 3. The van der Waals surface area contributed by atoms with Gasteiger partial charge >= 0.3 is 0 Å². The predicted molar refractivity (Wildman–Crippen MR) is 61.6 cm³/mol. The molecule has 1 aliphatic carbocycles. The molecule has 6 heteroatoms. The van der Waals surface area contributed by atoms with E-state index in [4.69, 9.17) is 0 Å². The van der Waals surface area contributed by atoms with Crippen molar-refractivity contribution in [2.45, 2.75) is 17.7 Å². The van der Waals surface area contributed by atoms with Crippen molar-refractivity contribution in [2.24, 2.45) is 5.41 Å². The molecule has 0 amide bonds. The average Bonchev–Trinajstić information content (AvgIpc) is 2.81. The maximum atomic E-state index is 11.8. The third kappa shape index (κ3) is 2.45. The Hall–Kier alpha value is -0.850. The number of aromatic nitrogens is 1. The molecule has 0 unspecified atom stereocenters. The van der Waals surface area contributed by atoms with Crippen molar-refractivity contribution >= 4 is 10.0 Å². The third-order valence-electron chi connectivity index (χ3n) is 3.03. The van der Waals surface area contributed by atoms with Crippen LogP contribution < -0.4 is 10.0 Å². The van der Waals surface area contributed by atoms with E-state index in [9.17, 15) is 8.42 Å². The molecule has 0 saturated heterocycles. The lowest BCUT2D eigenvalue weighted by Gasteiger charge is -2.14. The molecule has 1 fully saturated rings. The molecule has 1 aromatic rings. The van der Waals surface area contributed by atoms with Gasteiger partial charge in [-0.1, -0.05) is 0 Å². The molecule has 1 aromatic heterocycles. The van der Waals surface area contributed by atoms with Gasteiger partial charge in [0.2, 0.25) is 10.0 Å². The minimum absolute atomic E-state index is 0.137. The molecule has 5 nitrogen and oxygen atoms in total. The summed E-state index contributed by atoms with van der Waals surface area (Å²) < 4.78 is 26.3. The summed E-state index contributed by atoms with van der Waals surface area (Å²) in [6.07, 6.45) is 5.27. The highest BCUT2D eigenvalue weighted by Crippen LogP contribution is 2.44. The maximum Gasteiger partial charge on any atom is 0.242 e. The maximum absolute atomic E-state index is 11.8. The van der Waals surface area contributed by atoms with Crippen LogP contribution in [-0.4, -0.2) is 33.5 Å². The van der Waals surface area contributed by atoms with Crippen LogP contribution in [0.15, 0.2) is 23.4 Å². The Labute approximate surface area is 95.7 Å². The average molecular weight is 243 g/mol. The standard InChI is InChI=1S/C10H17N3O2S/c1-11-7-10(3-4-10)8-13-16(14,15)9-2-5-12-6-9/h2,5-6,11-13H,3-4,7-8H2,1H3. The minimum Gasteiger partial charge on any atom is -0.366 e. The van der Waals surface area contributed by atoms with Gasteiger partial charge < -0.3 is 10.3 Å². The van der Waals surface area contributed by atoms with Crippen molar-refractivity contribution in [3.05, 3.63) is 18.5 Å². The van der Waals surface area contributed by atoms with E-state index in [1.165, 1.54) is 6.20 Å². The largest absolute Gasteiger partial charge is 0.366 e. The highest BCUT2D eigenvalue weighted by atomic mass is 32.2. The normalized spacial score (nSPS) is 18.6. The highest BCUT2D eigenvalue weighted by molar-refractivity contribution is 7.89. The molecular formula is C10H17N3O2S. The van der Waals surface area contributed by atoms with Crippen molar-refractivity contribution in [1.29, 1.82) is 0 Å². The molecule has 1 heterocycles. The first-order chi connectivity index (χ1) is 7.58. The van der Waals surface area contributed by atoms with E-state index in [-0.39, 0.29) is 5.41 Å². The Bertz CT molecular complexity index is 435. The van der Waals surface area contributed by atoms with Crippen LogP contribution in [0.3, 0.4) is 0 Å². The predicted octanol–water partition coefficient (Wildman–Crippen LogP) is 0.293. The molecule has 0 aliphatic heterocycles. The van der Waals surface area contributed by atoms with Crippen LogP contribution >= 0.6 is 0 Å². The Morgan fingerprint density at radius 1 is 1.44 bits per heavy atom. The molecule has 1 saturated carbocycles. The summed E-state index contributed by atoms with van der Waals surface area (Å²) in [4.78, 5) is 3.04. The Balaban J connectivity index is 1.96. The van der Waals surface area contributed by atoms with Crippen molar-refractivity contribution in [2.75, 3.05) is 20.1 Å². The first-order valence-electron chi connectivity index (χ1n) is 5.35. The zero-order chi connectivity index (χ0) is 11.6. The van der Waals surface area contributed by atoms with Gasteiger partial charge in [0.05, 0.1) is 4.90 Å². The second-order valence-electron chi connectivity index (χ2n) is 4.40. The van der Waals surface area contributed by atoms with E-state index in [1.807, 2.05) is 7.05 Å². The van der Waals surface area contributed by atoms with E-state index in [0.717, 1.165) is 19.4 Å². The fourth-order valence-electron chi connectivity index (χ4n) is 1.78. The van der Waals surface area contributed by atoms with Gasteiger partial charge in [-0.3, -0.25) is 0 Å². The van der Waals surface area contributed by atoms with Crippen LogP contribution in [0.1, 0.15) is 12.8 Å². The van der Waals surface area contributed by atoms with E-state index in [0.29, 0.717) is 11.4 Å². The van der Waals surface area contributed by atoms with Gasteiger partial charge in [0.15, 0.2) is 0 Å². The molecule has 1 aliphatic rings. The molecular weight excluding hydrogens is 226 g/mol. The number of H-pyrrole nitrogens is 1. The smallest absolute Gasteiger partial charge is 0.242 e. The van der Waals surface area contributed by atoms with Gasteiger partial charge in [-0.2, -0.15) is 0 Å². The monoisotopic (exact) mass is 243 g/mol. The topological polar surface area (TPSA) is 74.0 Å². The molecule has 0 atom stereocenters. The van der Waals surface area contributed by atoms with Gasteiger partial charge in [-0.05, 0) is 31.4 Å². The van der Waals surface area contributed by atoms with Gasteiger partial charge in [-0.25, -0.2) is 13.1 Å². The summed E-state index contributed by atoms with van der Waals surface area (Å²) in [5.74, 6) is 0. The van der Waals surface area contributed by atoms with Crippen molar-refractivity contribution in [3.8, 4) is 0 Å². The molecule has 2 rings (SSSR count). The molecule has 0 aromatic carbocycles. The van der Waals surface area contributed by atoms with Gasteiger partial charge in [0.1, 0.15) is 0 Å². The zero-order valence-corrected chi connectivity index (χ0v) is 10.1. The Kier molecular flexibility index (Phi) is 3.05. The van der Waals surface area contributed by atoms with Crippen molar-refractivity contribution in [1.82, 2.24) is 15.0 Å². The summed E-state index contributed by atoms with van der Waals surface area (Å²) >= 11 is 0. The first kappa shape index (κ1) is 11.6. The quantitative estimate of drug-likeness (QED) is 0.672. The van der Waals surface area contributed by atoms with E-state index in [1.54, 1.807) is 12.3 Å². The number of nitrogens with one attached hydrogen (secondary N) is 3. The summed E-state index contributed by atoms with van der Waals surface area (Å²) in [6.45, 7) is 1.38. The van der Waals surface area contributed by atoms with Gasteiger partial charge in [0.25, 0.3) is 0 Å². The lowest BCUT2D eigenvalue weighted by molar-refractivity contribution is 0.468. The van der Waals surface area contributed by atoms with Gasteiger partial charge in [0, 0.05) is 25.5 Å². The fraction of sp³-hybridized carbons (Fsp3) is 0.600. The zero-order valence-electron chi connectivity index (χ0n) is 9.29. The molecule has 0 spiro atoms. The second-order valence-corrected chi connectivity index (χ2v) is 6.17. The number of aromatic amines is 1. The van der Waals surface area contributed by atoms with E-state index < -0.39 is 10.0 Å². The Morgan fingerprint density at radius 3 is 2.69 bits per heavy atom. The van der Waals surface area contributed by atoms with Crippen molar-refractivity contribution in [3.63, 3.8) is 0 Å². The van der Waals surface area contributed by atoms with Crippen LogP contribution in [0.25, 0.3) is 0 Å². The number of sulfonamides is 1. The second kappa shape index (κ2) is 4.20.